The van der Waals surface area contributed by atoms with Crippen molar-refractivity contribution in [3.63, 3.8) is 0 Å². The Morgan fingerprint density at radius 1 is 1.40 bits per heavy atom. The predicted octanol–water partition coefficient (Wildman–Crippen LogP) is 1.16. The van der Waals surface area contributed by atoms with Gasteiger partial charge in [-0.05, 0) is 16.4 Å². The lowest BCUT2D eigenvalue weighted by Crippen LogP contribution is -2.49. The second kappa shape index (κ2) is 5.32. The summed E-state index contributed by atoms with van der Waals surface area (Å²) in [4.78, 5) is 33.3. The molecule has 0 bridgehead atoms. The van der Waals surface area contributed by atoms with Crippen molar-refractivity contribution in [2.24, 2.45) is 12.5 Å². The van der Waals surface area contributed by atoms with Crippen LogP contribution >= 0.6 is 0 Å². The molecule has 1 aromatic rings. The minimum Gasteiger partial charge on any atom is -0.480 e. The van der Waals surface area contributed by atoms with E-state index in [0.29, 0.717) is 0 Å². The van der Waals surface area contributed by atoms with E-state index in [1.165, 1.54) is 19.2 Å². The smallest absolute Gasteiger partial charge is 0.326 e. The maximum atomic E-state index is 12.0. The van der Waals surface area contributed by atoms with Gasteiger partial charge in [0.05, 0.1) is 7.05 Å². The molecule has 20 heavy (non-hydrogen) atoms. The number of hydrogen-bond donors (Lipinski definition) is 2. The van der Waals surface area contributed by atoms with Crippen molar-refractivity contribution in [1.82, 2.24) is 9.88 Å². The fourth-order valence-electron chi connectivity index (χ4n) is 1.77. The van der Waals surface area contributed by atoms with E-state index in [9.17, 15) is 19.7 Å². The van der Waals surface area contributed by atoms with E-state index >= 15 is 0 Å². The minimum atomic E-state index is -1.16. The van der Waals surface area contributed by atoms with E-state index in [4.69, 9.17) is 5.11 Å². The van der Waals surface area contributed by atoms with E-state index in [0.717, 1.165) is 4.57 Å². The molecule has 1 heterocycles. The Morgan fingerprint density at radius 3 is 2.30 bits per heavy atom. The van der Waals surface area contributed by atoms with E-state index in [2.05, 4.69) is 5.32 Å². The van der Waals surface area contributed by atoms with Gasteiger partial charge < -0.3 is 20.5 Å². The van der Waals surface area contributed by atoms with Gasteiger partial charge in [-0.1, -0.05) is 20.8 Å². The standard InChI is InChI=1S/C12H17N3O5/c1-12(2,3)9(11(17)18)13-10(16)7-5-6-8(14(7)4)15(19)20/h5-6,9H,1-4H3,(H,13,16)(H,17,18)/t9-/m0/s1. The second-order valence-corrected chi connectivity index (χ2v) is 5.50. The van der Waals surface area contributed by atoms with Gasteiger partial charge in [0.15, 0.2) is 5.69 Å². The van der Waals surface area contributed by atoms with Gasteiger partial charge >= 0.3 is 11.8 Å². The molecule has 1 atom stereocenters. The second-order valence-electron chi connectivity index (χ2n) is 5.50. The Hall–Kier alpha value is -2.38. The van der Waals surface area contributed by atoms with Crippen molar-refractivity contribution in [1.29, 1.82) is 0 Å². The molecule has 0 fully saturated rings. The van der Waals surface area contributed by atoms with E-state index in [1.807, 2.05) is 0 Å². The fourth-order valence-corrected chi connectivity index (χ4v) is 1.77. The zero-order chi connectivity index (χ0) is 15.7. The highest BCUT2D eigenvalue weighted by atomic mass is 16.6. The Labute approximate surface area is 115 Å². The number of carbonyl (C=O) groups is 2. The number of carboxylic acids is 1. The first-order chi connectivity index (χ1) is 9.05. The molecule has 8 nitrogen and oxygen atoms in total. The summed E-state index contributed by atoms with van der Waals surface area (Å²) in [5, 5.41) is 22.2. The Kier molecular flexibility index (Phi) is 4.17. The number of aromatic nitrogens is 1. The normalized spacial score (nSPS) is 12.8. The molecule has 0 unspecified atom stereocenters. The van der Waals surface area contributed by atoms with Gasteiger partial charge in [-0.2, -0.15) is 0 Å². The Balaban J connectivity index is 3.02. The average Bonchev–Trinajstić information content (AvgIpc) is 2.65. The van der Waals surface area contributed by atoms with Crippen LogP contribution in [0.3, 0.4) is 0 Å². The van der Waals surface area contributed by atoms with E-state index < -0.39 is 28.3 Å². The molecule has 8 heteroatoms. The highest BCUT2D eigenvalue weighted by molar-refractivity contribution is 5.96. The quantitative estimate of drug-likeness (QED) is 0.635. The zero-order valence-electron chi connectivity index (χ0n) is 11.7. The van der Waals surface area contributed by atoms with E-state index in [1.54, 1.807) is 20.8 Å². The molecule has 0 saturated carbocycles. The van der Waals surface area contributed by atoms with Crippen molar-refractivity contribution < 1.29 is 19.6 Å². The summed E-state index contributed by atoms with van der Waals surface area (Å²) in [6, 6.07) is 1.39. The molecule has 0 aliphatic heterocycles. The van der Waals surface area contributed by atoms with Gasteiger partial charge in [-0.25, -0.2) is 9.36 Å². The molecule has 1 rings (SSSR count). The summed E-state index contributed by atoms with van der Waals surface area (Å²) in [6.07, 6.45) is 0. The molecular formula is C12H17N3O5. The lowest BCUT2D eigenvalue weighted by atomic mass is 9.86. The van der Waals surface area contributed by atoms with Crippen LogP contribution in [-0.2, 0) is 11.8 Å². The molecule has 1 aromatic heterocycles. The van der Waals surface area contributed by atoms with Gasteiger partial charge in [-0.3, -0.25) is 4.79 Å². The van der Waals surface area contributed by atoms with Crippen LogP contribution in [0.15, 0.2) is 12.1 Å². The molecule has 0 saturated heterocycles. The first-order valence-corrected chi connectivity index (χ1v) is 5.89. The number of nitrogens with zero attached hydrogens (tertiary/aromatic N) is 2. The van der Waals surface area contributed by atoms with Gasteiger partial charge in [-0.15, -0.1) is 0 Å². The number of hydrogen-bond acceptors (Lipinski definition) is 4. The average molecular weight is 283 g/mol. The molecule has 0 aromatic carbocycles. The minimum absolute atomic E-state index is 0.0344. The molecular weight excluding hydrogens is 266 g/mol. The van der Waals surface area contributed by atoms with Crippen molar-refractivity contribution >= 4 is 17.7 Å². The maximum absolute atomic E-state index is 12.0. The van der Waals surface area contributed by atoms with E-state index in [-0.39, 0.29) is 11.5 Å². The van der Waals surface area contributed by atoms with Crippen molar-refractivity contribution in [2.45, 2.75) is 26.8 Å². The third kappa shape index (κ3) is 3.14. The summed E-state index contributed by atoms with van der Waals surface area (Å²) in [6.45, 7) is 5.04. The van der Waals surface area contributed by atoms with Crippen LogP contribution in [0.2, 0.25) is 0 Å². The Bertz CT molecular complexity index is 556. The lowest BCUT2D eigenvalue weighted by molar-refractivity contribution is -0.391. The first kappa shape index (κ1) is 15.7. The highest BCUT2D eigenvalue weighted by Gasteiger charge is 2.34. The highest BCUT2D eigenvalue weighted by Crippen LogP contribution is 2.21. The fraction of sp³-hybridized carbons (Fsp3) is 0.500. The van der Waals surface area contributed by atoms with Crippen LogP contribution in [0.1, 0.15) is 31.3 Å². The summed E-state index contributed by atoms with van der Waals surface area (Å²) >= 11 is 0. The molecule has 0 radical (unpaired) electrons. The van der Waals surface area contributed by atoms with Gasteiger partial charge in [0, 0.05) is 6.07 Å². The number of aliphatic carboxylic acids is 1. The first-order valence-electron chi connectivity index (χ1n) is 5.89. The molecule has 110 valence electrons. The number of nitro groups is 1. The molecule has 1 amide bonds. The maximum Gasteiger partial charge on any atom is 0.326 e. The molecule has 2 N–H and O–H groups in total. The van der Waals surface area contributed by atoms with Gasteiger partial charge in [0.2, 0.25) is 0 Å². The third-order valence-corrected chi connectivity index (χ3v) is 2.90. The van der Waals surface area contributed by atoms with Crippen LogP contribution in [0.5, 0.6) is 0 Å². The largest absolute Gasteiger partial charge is 0.480 e. The van der Waals surface area contributed by atoms with Crippen LogP contribution in [0, 0.1) is 15.5 Å². The SMILES string of the molecule is Cn1c(C(=O)N[C@@H](C(=O)O)C(C)(C)C)ccc1[N+](=O)[O-]. The number of amides is 1. The van der Waals surface area contributed by atoms with Crippen molar-refractivity contribution in [3.05, 3.63) is 27.9 Å². The molecule has 0 spiro atoms. The third-order valence-electron chi connectivity index (χ3n) is 2.90. The van der Waals surface area contributed by atoms with Crippen molar-refractivity contribution in [3.8, 4) is 0 Å². The number of carboxylic acid groups (broad SMARTS) is 1. The van der Waals surface area contributed by atoms with Crippen LogP contribution < -0.4 is 5.32 Å². The monoisotopic (exact) mass is 283 g/mol. The number of rotatable bonds is 4. The van der Waals surface area contributed by atoms with Crippen LogP contribution in [0.25, 0.3) is 0 Å². The Morgan fingerprint density at radius 2 is 1.95 bits per heavy atom. The van der Waals surface area contributed by atoms with Crippen LogP contribution in [0.4, 0.5) is 5.82 Å². The van der Waals surface area contributed by atoms with Gasteiger partial charge in [0.25, 0.3) is 5.91 Å². The summed E-state index contributed by atoms with van der Waals surface area (Å²) in [5.41, 5.74) is -0.648. The lowest BCUT2D eigenvalue weighted by Gasteiger charge is -2.27. The predicted molar refractivity (Wildman–Crippen MR) is 70.4 cm³/mol. The van der Waals surface area contributed by atoms with Crippen LogP contribution in [-0.4, -0.2) is 32.5 Å². The summed E-state index contributed by atoms with van der Waals surface area (Å²) < 4.78 is 1.11. The molecule has 0 aliphatic carbocycles. The summed E-state index contributed by atoms with van der Waals surface area (Å²) in [5.74, 6) is -2.06. The number of nitrogens with one attached hydrogen (secondary N) is 1. The van der Waals surface area contributed by atoms with Crippen molar-refractivity contribution in [2.75, 3.05) is 0 Å². The topological polar surface area (TPSA) is 114 Å². The number of carbonyl (C=O) groups excluding carboxylic acids is 1. The van der Waals surface area contributed by atoms with Gasteiger partial charge in [0.1, 0.15) is 6.04 Å². The zero-order valence-corrected chi connectivity index (χ0v) is 11.7. The molecule has 0 aliphatic rings. The summed E-state index contributed by atoms with van der Waals surface area (Å²) in [7, 11) is 1.37.